The normalized spacial score (nSPS) is 13.1. The summed E-state index contributed by atoms with van der Waals surface area (Å²) in [6.45, 7) is -2.73. The highest BCUT2D eigenvalue weighted by atomic mass is 35.5. The number of pyridine rings is 1. The Morgan fingerprint density at radius 3 is 2.04 bits per heavy atom. The zero-order valence-corrected chi connectivity index (χ0v) is 29.1. The van der Waals surface area contributed by atoms with E-state index < -0.39 is 24.7 Å². The van der Waals surface area contributed by atoms with Gasteiger partial charge in [0.1, 0.15) is 29.2 Å². The number of hydrogen-bond acceptors (Lipinski definition) is 6. The third-order valence-electron chi connectivity index (χ3n) is 8.41. The highest BCUT2D eigenvalue weighted by Gasteiger charge is 2.26. The van der Waals surface area contributed by atoms with Crippen molar-refractivity contribution in [3.05, 3.63) is 130 Å². The van der Waals surface area contributed by atoms with Crippen molar-refractivity contribution in [2.75, 3.05) is 6.61 Å². The van der Waals surface area contributed by atoms with Crippen LogP contribution in [0, 0.1) is 11.1 Å². The second-order valence-electron chi connectivity index (χ2n) is 12.2. The first kappa shape index (κ1) is 36.5. The summed E-state index contributed by atoms with van der Waals surface area (Å²) in [5.74, 6) is -1.02. The average molecular weight is 753 g/mol. The molecule has 1 aliphatic carbocycles. The van der Waals surface area contributed by atoms with Crippen LogP contribution in [0.1, 0.15) is 30.1 Å². The van der Waals surface area contributed by atoms with Crippen molar-refractivity contribution >= 4 is 56.9 Å². The maximum absolute atomic E-state index is 13.2. The Morgan fingerprint density at radius 1 is 0.865 bits per heavy atom. The van der Waals surface area contributed by atoms with Gasteiger partial charge >= 0.3 is 18.6 Å². The molecule has 10 nitrogen and oxygen atoms in total. The lowest BCUT2D eigenvalue weighted by atomic mass is 10.0. The Hall–Kier alpha value is -5.33. The van der Waals surface area contributed by atoms with E-state index in [2.05, 4.69) is 4.74 Å². The molecule has 0 radical (unpaired) electrons. The molecule has 0 spiro atoms. The molecular weight excluding hydrogens is 719 g/mol. The van der Waals surface area contributed by atoms with Crippen LogP contribution >= 0.6 is 23.2 Å². The number of fused-ring (bicyclic) bond motifs is 2. The minimum absolute atomic E-state index is 0.0213. The highest BCUT2D eigenvalue weighted by molar-refractivity contribution is 6.35. The molecule has 7 rings (SSSR count). The Bertz CT molecular complexity index is 2180. The SMILES string of the molecule is O=C(Cn1ccc2ccccc21)O[C@@H](Cc1c(Cl)c[n+]([O-])cc1Cl)c1ccc(OC(F)F)c(OCC2CC2)c1.O=C(O)Cn1ccc2ccccc21. The predicted octanol–water partition coefficient (Wildman–Crippen LogP) is 8.22. The fraction of sp³-hybridized carbons (Fsp3) is 0.237. The van der Waals surface area contributed by atoms with Crippen molar-refractivity contribution in [1.82, 2.24) is 9.13 Å². The molecule has 1 atom stereocenters. The molecule has 270 valence electrons. The zero-order valence-electron chi connectivity index (χ0n) is 27.5. The summed E-state index contributed by atoms with van der Waals surface area (Å²) in [7, 11) is 0. The van der Waals surface area contributed by atoms with Gasteiger partial charge in [0.15, 0.2) is 23.9 Å². The summed E-state index contributed by atoms with van der Waals surface area (Å²) in [5.41, 5.74) is 2.68. The standard InChI is InChI=1S/C28H24Cl2F2N2O5.C10H9NO2/c29-21-13-34(36)14-22(30)20(21)12-25(38-27(35)15-33-10-9-18-3-1-2-4-23(18)33)19-7-8-24(39-28(31)32)26(11-19)37-16-17-5-6-17;12-10(13)7-11-6-5-8-3-1-2-4-9(8)11/h1-4,7-11,13-14,17,25,28H,5-6,12,15-16H2;1-6H,7H2,(H,12,13)/t25-;/m0./s1. The molecule has 0 aliphatic heterocycles. The first-order valence-electron chi connectivity index (χ1n) is 16.3. The van der Waals surface area contributed by atoms with E-state index >= 15 is 0 Å². The highest BCUT2D eigenvalue weighted by Crippen LogP contribution is 2.38. The fourth-order valence-electron chi connectivity index (χ4n) is 5.70. The third-order valence-corrected chi connectivity index (χ3v) is 9.06. The monoisotopic (exact) mass is 751 g/mol. The van der Waals surface area contributed by atoms with Gasteiger partial charge in [-0.1, -0.05) is 65.7 Å². The van der Waals surface area contributed by atoms with Crippen molar-refractivity contribution in [3.8, 4) is 11.5 Å². The van der Waals surface area contributed by atoms with E-state index in [-0.39, 0.29) is 41.1 Å². The number of aliphatic carboxylic acids is 1. The van der Waals surface area contributed by atoms with Gasteiger partial charge in [0.05, 0.1) is 6.61 Å². The molecule has 14 heteroatoms. The number of para-hydroxylation sites is 2. The van der Waals surface area contributed by atoms with Crippen LogP contribution < -0.4 is 14.2 Å². The molecule has 3 aromatic carbocycles. The van der Waals surface area contributed by atoms with E-state index in [0.717, 1.165) is 47.0 Å². The predicted molar refractivity (Wildman–Crippen MR) is 191 cm³/mol. The summed E-state index contributed by atoms with van der Waals surface area (Å²) in [4.78, 5) is 23.6. The minimum Gasteiger partial charge on any atom is -0.619 e. The largest absolute Gasteiger partial charge is 0.619 e. The van der Waals surface area contributed by atoms with Crippen molar-refractivity contribution in [1.29, 1.82) is 0 Å². The lowest BCUT2D eigenvalue weighted by Gasteiger charge is -2.21. The fourth-order valence-corrected chi connectivity index (χ4v) is 6.30. The minimum atomic E-state index is -3.04. The van der Waals surface area contributed by atoms with Gasteiger partial charge in [0.2, 0.25) is 0 Å². The number of hydrogen-bond donors (Lipinski definition) is 1. The molecule has 0 amide bonds. The number of carbonyl (C=O) groups excluding carboxylic acids is 1. The Labute approximate surface area is 306 Å². The molecule has 1 fully saturated rings. The molecule has 52 heavy (non-hydrogen) atoms. The molecule has 0 saturated heterocycles. The second kappa shape index (κ2) is 16.3. The maximum Gasteiger partial charge on any atom is 0.387 e. The van der Waals surface area contributed by atoms with Crippen LogP contribution in [-0.4, -0.2) is 39.4 Å². The van der Waals surface area contributed by atoms with Gasteiger partial charge in [0, 0.05) is 35.4 Å². The van der Waals surface area contributed by atoms with E-state index in [1.54, 1.807) is 21.5 Å². The number of ether oxygens (including phenoxy) is 3. The zero-order chi connectivity index (χ0) is 36.8. The number of alkyl halides is 2. The van der Waals surface area contributed by atoms with Crippen molar-refractivity contribution in [3.63, 3.8) is 0 Å². The van der Waals surface area contributed by atoms with E-state index in [1.165, 1.54) is 18.2 Å². The van der Waals surface area contributed by atoms with Crippen LogP contribution in [0.5, 0.6) is 11.5 Å². The molecule has 3 aromatic heterocycles. The number of carboxylic acids is 1. The first-order chi connectivity index (χ1) is 25.0. The molecule has 1 N–H and O–H groups in total. The van der Waals surface area contributed by atoms with Crippen molar-refractivity contribution < 1.29 is 42.4 Å². The van der Waals surface area contributed by atoms with Gasteiger partial charge in [-0.3, -0.25) is 9.59 Å². The number of aromatic nitrogens is 3. The molecule has 0 bridgehead atoms. The average Bonchev–Trinajstić information content (AvgIpc) is 3.73. The number of rotatable bonds is 13. The van der Waals surface area contributed by atoms with Gasteiger partial charge in [-0.05, 0) is 71.5 Å². The Morgan fingerprint density at radius 2 is 1.46 bits per heavy atom. The van der Waals surface area contributed by atoms with E-state index in [1.807, 2.05) is 60.7 Å². The summed E-state index contributed by atoms with van der Waals surface area (Å²) in [6, 6.07) is 23.5. The number of carbonyl (C=O) groups is 2. The van der Waals surface area contributed by atoms with Crippen LogP contribution in [0.2, 0.25) is 10.0 Å². The lowest BCUT2D eigenvalue weighted by molar-refractivity contribution is -0.605. The molecule has 3 heterocycles. The van der Waals surface area contributed by atoms with Gasteiger partial charge in [-0.15, -0.1) is 0 Å². The summed E-state index contributed by atoms with van der Waals surface area (Å²) < 4.78 is 46.4. The molecule has 6 aromatic rings. The van der Waals surface area contributed by atoms with Crippen LogP contribution in [0.15, 0.2) is 104 Å². The second-order valence-corrected chi connectivity index (χ2v) is 13.0. The number of halogens is 4. The summed E-state index contributed by atoms with van der Waals surface area (Å²) >= 11 is 12.6. The summed E-state index contributed by atoms with van der Waals surface area (Å²) in [6.07, 6.45) is 6.98. The van der Waals surface area contributed by atoms with Crippen molar-refractivity contribution in [2.45, 2.75) is 45.1 Å². The van der Waals surface area contributed by atoms with E-state index in [4.69, 9.17) is 37.8 Å². The molecule has 1 aliphatic rings. The smallest absolute Gasteiger partial charge is 0.387 e. The Balaban J connectivity index is 0.000000299. The number of esters is 1. The summed E-state index contributed by atoms with van der Waals surface area (Å²) in [5, 5.41) is 22.6. The van der Waals surface area contributed by atoms with Gasteiger partial charge in [0.25, 0.3) is 0 Å². The third kappa shape index (κ3) is 9.31. The van der Waals surface area contributed by atoms with Gasteiger partial charge in [-0.25, -0.2) is 0 Å². The first-order valence-corrected chi connectivity index (χ1v) is 17.1. The molecule has 1 saturated carbocycles. The van der Waals surface area contributed by atoms with E-state index in [0.29, 0.717) is 28.4 Å². The molecular formula is C38H33Cl2F2N3O7. The van der Waals surface area contributed by atoms with Crippen LogP contribution in [0.4, 0.5) is 8.78 Å². The number of carboxylic acid groups (broad SMARTS) is 1. The van der Waals surface area contributed by atoms with E-state index in [9.17, 15) is 23.6 Å². The number of benzene rings is 3. The van der Waals surface area contributed by atoms with Crippen LogP contribution in [-0.2, 0) is 33.8 Å². The lowest BCUT2D eigenvalue weighted by Crippen LogP contribution is -2.26. The topological polar surface area (TPSA) is 119 Å². The Kier molecular flexibility index (Phi) is 11.5. The maximum atomic E-state index is 13.2. The van der Waals surface area contributed by atoms with Gasteiger partial charge < -0.3 is 33.7 Å². The van der Waals surface area contributed by atoms with Crippen LogP contribution in [0.3, 0.4) is 0 Å². The van der Waals surface area contributed by atoms with Crippen molar-refractivity contribution in [2.24, 2.45) is 5.92 Å². The molecule has 0 unspecified atom stereocenters. The van der Waals surface area contributed by atoms with Gasteiger partial charge in [-0.2, -0.15) is 13.5 Å². The van der Waals surface area contributed by atoms with Crippen LogP contribution in [0.25, 0.3) is 21.8 Å². The number of nitrogens with zero attached hydrogens (tertiary/aromatic N) is 3. The quantitative estimate of drug-likeness (QED) is 0.0718.